The number of aromatic amines is 1. The van der Waals surface area contributed by atoms with Crippen LogP contribution in [0.2, 0.25) is 0 Å². The molecule has 8 heteroatoms. The summed E-state index contributed by atoms with van der Waals surface area (Å²) in [5, 5.41) is 17.0. The van der Waals surface area contributed by atoms with Gasteiger partial charge in [-0.15, -0.1) is 0 Å². The maximum atomic E-state index is 13.9. The number of H-pyrrole nitrogens is 1. The summed E-state index contributed by atoms with van der Waals surface area (Å²) in [6.45, 7) is 0. The lowest BCUT2D eigenvalue weighted by Crippen LogP contribution is -2.18. The Labute approximate surface area is 158 Å². The first-order valence-corrected chi connectivity index (χ1v) is 9.20. The maximum absolute atomic E-state index is 13.9. The molecule has 5 rings (SSSR count). The van der Waals surface area contributed by atoms with Crippen LogP contribution in [0.1, 0.15) is 31.7 Å². The Morgan fingerprint density at radius 1 is 1.11 bits per heavy atom. The lowest BCUT2D eigenvalue weighted by molar-refractivity contribution is 0.320. The van der Waals surface area contributed by atoms with E-state index in [1.165, 1.54) is 12.1 Å². The Morgan fingerprint density at radius 3 is 2.68 bits per heavy atom. The molecule has 140 valence electrons. The number of nitrogens with one attached hydrogen (secondary N) is 1. The predicted octanol–water partition coefficient (Wildman–Crippen LogP) is 4.51. The minimum atomic E-state index is -0.907. The summed E-state index contributed by atoms with van der Waals surface area (Å²) in [6, 6.07) is 6.29. The Kier molecular flexibility index (Phi) is 3.83. The van der Waals surface area contributed by atoms with E-state index in [9.17, 15) is 14.0 Å². The van der Waals surface area contributed by atoms with E-state index in [1.54, 1.807) is 12.4 Å². The highest BCUT2D eigenvalue weighted by atomic mass is 19.2. The highest BCUT2D eigenvalue weighted by Gasteiger charge is 2.27. The zero-order chi connectivity index (χ0) is 19.3. The average molecular weight is 378 g/mol. The van der Waals surface area contributed by atoms with E-state index in [1.807, 2.05) is 0 Å². The van der Waals surface area contributed by atoms with Gasteiger partial charge in [-0.2, -0.15) is 10.4 Å². The van der Waals surface area contributed by atoms with Gasteiger partial charge in [-0.1, -0.05) is 0 Å². The second-order valence-electron chi connectivity index (χ2n) is 7.19. The molecule has 1 aliphatic carbocycles. The molecule has 0 saturated heterocycles. The van der Waals surface area contributed by atoms with Crippen molar-refractivity contribution in [2.75, 3.05) is 0 Å². The van der Waals surface area contributed by atoms with E-state index in [0.717, 1.165) is 42.7 Å². The lowest BCUT2D eigenvalue weighted by atomic mass is 9.86. The Bertz CT molecular complexity index is 1230. The maximum Gasteiger partial charge on any atom is 0.159 e. The molecule has 0 bridgehead atoms. The third kappa shape index (κ3) is 2.54. The number of hydrogen-bond acceptors (Lipinski definition) is 4. The summed E-state index contributed by atoms with van der Waals surface area (Å²) in [5.41, 5.74) is 2.71. The molecule has 6 nitrogen and oxygen atoms in total. The van der Waals surface area contributed by atoms with Crippen molar-refractivity contribution < 1.29 is 8.78 Å². The van der Waals surface area contributed by atoms with Crippen molar-refractivity contribution >= 4 is 22.1 Å². The largest absolute Gasteiger partial charge is 0.320 e. The van der Waals surface area contributed by atoms with Crippen LogP contribution in [0.4, 0.5) is 8.78 Å². The van der Waals surface area contributed by atoms with Gasteiger partial charge in [0.1, 0.15) is 11.3 Å². The highest BCUT2D eigenvalue weighted by molar-refractivity contribution is 6.01. The van der Waals surface area contributed by atoms with Gasteiger partial charge in [0.05, 0.1) is 29.4 Å². The summed E-state index contributed by atoms with van der Waals surface area (Å²) < 4.78 is 29.5. The zero-order valence-electron chi connectivity index (χ0n) is 14.9. The average Bonchev–Trinajstić information content (AvgIpc) is 3.34. The number of halogens is 2. The predicted molar refractivity (Wildman–Crippen MR) is 99.1 cm³/mol. The standard InChI is InChI=1S/C20H16F2N6/c21-15-6-3-12(7-16(15)22)20-26-17-10-24-19-14(9-25-27-19)18(17)28(20)13-4-1-11(8-23)2-5-13/h3,6-7,9-11,13H,1-2,4-5H2,(H,24,25,27). The normalized spacial score (nSPS) is 19.9. The van der Waals surface area contributed by atoms with Gasteiger partial charge in [0, 0.05) is 17.5 Å². The summed E-state index contributed by atoms with van der Waals surface area (Å²) in [6.07, 6.45) is 6.62. The molecule has 1 aromatic carbocycles. The van der Waals surface area contributed by atoms with Crippen LogP contribution in [-0.4, -0.2) is 24.7 Å². The van der Waals surface area contributed by atoms with Gasteiger partial charge in [0.2, 0.25) is 0 Å². The fraction of sp³-hybridized carbons (Fsp3) is 0.300. The van der Waals surface area contributed by atoms with Gasteiger partial charge >= 0.3 is 0 Å². The number of hydrogen-bond donors (Lipinski definition) is 1. The molecule has 0 radical (unpaired) electrons. The van der Waals surface area contributed by atoms with Crippen LogP contribution < -0.4 is 0 Å². The minimum Gasteiger partial charge on any atom is -0.320 e. The van der Waals surface area contributed by atoms with Crippen LogP contribution in [0.3, 0.4) is 0 Å². The fourth-order valence-electron chi connectivity index (χ4n) is 4.14. The number of benzene rings is 1. The molecule has 1 fully saturated rings. The van der Waals surface area contributed by atoms with Crippen LogP contribution in [0.5, 0.6) is 0 Å². The van der Waals surface area contributed by atoms with Crippen LogP contribution in [0.15, 0.2) is 30.6 Å². The van der Waals surface area contributed by atoms with Crippen molar-refractivity contribution in [2.24, 2.45) is 5.92 Å². The van der Waals surface area contributed by atoms with Crippen molar-refractivity contribution in [3.8, 4) is 17.5 Å². The molecule has 3 heterocycles. The Balaban J connectivity index is 1.75. The van der Waals surface area contributed by atoms with E-state index < -0.39 is 11.6 Å². The number of pyridine rings is 1. The first-order valence-electron chi connectivity index (χ1n) is 9.20. The summed E-state index contributed by atoms with van der Waals surface area (Å²) in [4.78, 5) is 9.05. The summed E-state index contributed by atoms with van der Waals surface area (Å²) >= 11 is 0. The van der Waals surface area contributed by atoms with Crippen LogP contribution in [0.25, 0.3) is 33.5 Å². The van der Waals surface area contributed by atoms with Gasteiger partial charge < -0.3 is 4.57 Å². The van der Waals surface area contributed by atoms with Crippen molar-refractivity contribution in [1.82, 2.24) is 24.7 Å². The molecule has 1 N–H and O–H groups in total. The molecular formula is C20H16F2N6. The molecular weight excluding hydrogens is 362 g/mol. The molecule has 1 aliphatic rings. The lowest BCUT2D eigenvalue weighted by Gasteiger charge is -2.28. The number of nitrogens with zero attached hydrogens (tertiary/aromatic N) is 5. The van der Waals surface area contributed by atoms with Crippen molar-refractivity contribution in [3.05, 3.63) is 42.2 Å². The van der Waals surface area contributed by atoms with Gasteiger partial charge in [-0.25, -0.2) is 18.7 Å². The van der Waals surface area contributed by atoms with Crippen LogP contribution in [-0.2, 0) is 0 Å². The monoisotopic (exact) mass is 378 g/mol. The second kappa shape index (κ2) is 6.37. The fourth-order valence-corrected chi connectivity index (χ4v) is 4.14. The van der Waals surface area contributed by atoms with E-state index in [4.69, 9.17) is 4.98 Å². The smallest absolute Gasteiger partial charge is 0.159 e. The molecule has 4 aromatic rings. The quantitative estimate of drug-likeness (QED) is 0.556. The Hall–Kier alpha value is -3.34. The molecule has 28 heavy (non-hydrogen) atoms. The molecule has 0 aliphatic heterocycles. The van der Waals surface area contributed by atoms with E-state index in [2.05, 4.69) is 25.8 Å². The third-order valence-electron chi connectivity index (χ3n) is 5.55. The molecule has 1 saturated carbocycles. The SMILES string of the molecule is N#CC1CCC(n2c(-c3ccc(F)c(F)c3)nc3cnc4[nH]ncc4c32)CC1. The first-order chi connectivity index (χ1) is 13.7. The second-order valence-corrected chi connectivity index (χ2v) is 7.19. The van der Waals surface area contributed by atoms with Crippen molar-refractivity contribution in [3.63, 3.8) is 0 Å². The highest BCUT2D eigenvalue weighted by Crippen LogP contribution is 2.39. The topological polar surface area (TPSA) is 83.2 Å². The molecule has 0 unspecified atom stereocenters. The number of imidazole rings is 1. The van der Waals surface area contributed by atoms with E-state index in [-0.39, 0.29) is 12.0 Å². The molecule has 0 amide bonds. The van der Waals surface area contributed by atoms with Gasteiger partial charge in [0.25, 0.3) is 0 Å². The number of rotatable bonds is 2. The minimum absolute atomic E-state index is 0.0633. The summed E-state index contributed by atoms with van der Waals surface area (Å²) in [7, 11) is 0. The van der Waals surface area contributed by atoms with E-state index >= 15 is 0 Å². The number of nitriles is 1. The van der Waals surface area contributed by atoms with Gasteiger partial charge in [0.15, 0.2) is 17.3 Å². The van der Waals surface area contributed by atoms with E-state index in [0.29, 0.717) is 22.6 Å². The van der Waals surface area contributed by atoms with Crippen molar-refractivity contribution in [2.45, 2.75) is 31.7 Å². The zero-order valence-corrected chi connectivity index (χ0v) is 14.9. The summed E-state index contributed by atoms with van der Waals surface area (Å²) in [5.74, 6) is -1.16. The number of aromatic nitrogens is 5. The number of fused-ring (bicyclic) bond motifs is 3. The molecule has 0 spiro atoms. The van der Waals surface area contributed by atoms with Crippen molar-refractivity contribution in [1.29, 1.82) is 5.26 Å². The van der Waals surface area contributed by atoms with Crippen LogP contribution in [0, 0.1) is 28.9 Å². The van der Waals surface area contributed by atoms with Gasteiger partial charge in [-0.05, 0) is 43.9 Å². The third-order valence-corrected chi connectivity index (χ3v) is 5.55. The van der Waals surface area contributed by atoms with Crippen LogP contribution >= 0.6 is 0 Å². The molecule has 3 aromatic heterocycles. The first kappa shape index (κ1) is 16.8. The Morgan fingerprint density at radius 2 is 1.93 bits per heavy atom. The molecule has 0 atom stereocenters. The van der Waals surface area contributed by atoms with Gasteiger partial charge in [-0.3, -0.25) is 5.10 Å².